The van der Waals surface area contributed by atoms with Gasteiger partial charge < -0.3 is 15.6 Å². The molecule has 1 heterocycles. The minimum absolute atomic E-state index is 0.0856. The van der Waals surface area contributed by atoms with Gasteiger partial charge in [0.1, 0.15) is 6.33 Å². The van der Waals surface area contributed by atoms with Crippen LogP contribution in [0.25, 0.3) is 0 Å². The number of aromatic nitrogens is 3. The van der Waals surface area contributed by atoms with Crippen molar-refractivity contribution in [3.05, 3.63) is 29.8 Å². The van der Waals surface area contributed by atoms with Gasteiger partial charge in [-0.15, -0.1) is 5.10 Å². The highest BCUT2D eigenvalue weighted by molar-refractivity contribution is 5.94. The van der Waals surface area contributed by atoms with E-state index >= 15 is 0 Å². The quantitative estimate of drug-likeness (QED) is 0.790. The van der Waals surface area contributed by atoms with Gasteiger partial charge in [0, 0.05) is 24.9 Å². The molecule has 8 heteroatoms. The Hall–Kier alpha value is -2.64. The lowest BCUT2D eigenvalue weighted by Gasteiger charge is -2.06. The zero-order valence-corrected chi connectivity index (χ0v) is 9.29. The van der Waals surface area contributed by atoms with Crippen molar-refractivity contribution in [2.75, 3.05) is 5.73 Å². The van der Waals surface area contributed by atoms with Crippen LogP contribution in [0, 0.1) is 5.82 Å². The summed E-state index contributed by atoms with van der Waals surface area (Å²) >= 11 is 0. The SMILES string of the molecule is Cn1cnc(Oc2cc(C(=O)O)c(N)cc2F)n1. The van der Waals surface area contributed by atoms with Gasteiger partial charge in [0.15, 0.2) is 11.6 Å². The number of carboxylic acids is 1. The topological polar surface area (TPSA) is 103 Å². The van der Waals surface area contributed by atoms with Crippen LogP contribution >= 0.6 is 0 Å². The van der Waals surface area contributed by atoms with Gasteiger partial charge in [-0.2, -0.15) is 4.98 Å². The molecule has 18 heavy (non-hydrogen) atoms. The van der Waals surface area contributed by atoms with Crippen LogP contribution in [0.2, 0.25) is 0 Å². The van der Waals surface area contributed by atoms with E-state index in [-0.39, 0.29) is 23.0 Å². The van der Waals surface area contributed by atoms with Crippen molar-refractivity contribution < 1.29 is 19.0 Å². The Kier molecular flexibility index (Phi) is 2.84. The summed E-state index contributed by atoms with van der Waals surface area (Å²) < 4.78 is 19.9. The Bertz CT molecular complexity index is 611. The molecule has 0 atom stereocenters. The third-order valence-corrected chi connectivity index (χ3v) is 2.11. The molecule has 1 aromatic heterocycles. The van der Waals surface area contributed by atoms with E-state index in [1.807, 2.05) is 0 Å². The molecule has 94 valence electrons. The average Bonchev–Trinajstić information content (AvgIpc) is 2.67. The third kappa shape index (κ3) is 2.21. The molecule has 0 radical (unpaired) electrons. The van der Waals surface area contributed by atoms with Gasteiger partial charge in [0.2, 0.25) is 0 Å². The number of halogens is 1. The Morgan fingerprint density at radius 1 is 1.56 bits per heavy atom. The number of anilines is 1. The molecule has 0 unspecified atom stereocenters. The summed E-state index contributed by atoms with van der Waals surface area (Å²) in [6, 6.07) is 1.78. The molecular formula is C10H9FN4O3. The first kappa shape index (κ1) is 11.8. The predicted molar refractivity (Wildman–Crippen MR) is 58.8 cm³/mol. The summed E-state index contributed by atoms with van der Waals surface area (Å²) in [7, 11) is 1.61. The van der Waals surface area contributed by atoms with Crippen molar-refractivity contribution >= 4 is 11.7 Å². The molecule has 0 bridgehead atoms. The largest absolute Gasteiger partial charge is 0.478 e. The van der Waals surface area contributed by atoms with Gasteiger partial charge >= 0.3 is 12.0 Å². The second-order valence-electron chi connectivity index (χ2n) is 3.48. The van der Waals surface area contributed by atoms with Crippen molar-refractivity contribution in [2.45, 2.75) is 0 Å². The molecule has 0 aliphatic rings. The first-order valence-electron chi connectivity index (χ1n) is 4.83. The Labute approximate surface area is 101 Å². The molecule has 0 fully saturated rings. The van der Waals surface area contributed by atoms with Gasteiger partial charge in [-0.3, -0.25) is 4.68 Å². The first-order chi connectivity index (χ1) is 8.47. The number of hydrogen-bond donors (Lipinski definition) is 2. The van der Waals surface area contributed by atoms with Crippen molar-refractivity contribution in [1.82, 2.24) is 14.8 Å². The zero-order chi connectivity index (χ0) is 13.3. The fourth-order valence-electron chi connectivity index (χ4n) is 1.30. The number of nitrogen functional groups attached to an aromatic ring is 1. The molecule has 7 nitrogen and oxygen atoms in total. The van der Waals surface area contributed by atoms with Crippen molar-refractivity contribution in [3.8, 4) is 11.8 Å². The molecule has 2 aromatic rings. The highest BCUT2D eigenvalue weighted by Crippen LogP contribution is 2.27. The second-order valence-corrected chi connectivity index (χ2v) is 3.48. The molecule has 0 aliphatic carbocycles. The lowest BCUT2D eigenvalue weighted by atomic mass is 10.1. The average molecular weight is 252 g/mol. The van der Waals surface area contributed by atoms with Crippen LogP contribution in [0.1, 0.15) is 10.4 Å². The summed E-state index contributed by atoms with van der Waals surface area (Å²) in [5.74, 6) is -2.36. The number of aryl methyl sites for hydroxylation is 1. The molecule has 2 rings (SSSR count). The number of ether oxygens (including phenoxy) is 1. The second kappa shape index (κ2) is 4.32. The lowest BCUT2D eigenvalue weighted by Crippen LogP contribution is -2.04. The standard InChI is InChI=1S/C10H9FN4O3/c1-15-4-13-10(14-15)18-8-2-5(9(16)17)7(12)3-6(8)11/h2-4H,12H2,1H3,(H,16,17). The molecule has 0 saturated carbocycles. The summed E-state index contributed by atoms with van der Waals surface area (Å²) in [5.41, 5.74) is 4.95. The van der Waals surface area contributed by atoms with E-state index < -0.39 is 11.8 Å². The highest BCUT2D eigenvalue weighted by atomic mass is 19.1. The van der Waals surface area contributed by atoms with Gasteiger partial charge in [-0.1, -0.05) is 0 Å². The number of hydrogen-bond acceptors (Lipinski definition) is 5. The summed E-state index contributed by atoms with van der Waals surface area (Å²) in [6.07, 6.45) is 1.36. The van der Waals surface area contributed by atoms with Crippen LogP contribution in [0.15, 0.2) is 18.5 Å². The molecule has 3 N–H and O–H groups in total. The fraction of sp³-hybridized carbons (Fsp3) is 0.100. The van der Waals surface area contributed by atoms with E-state index in [1.54, 1.807) is 7.05 Å². The van der Waals surface area contributed by atoms with Crippen LogP contribution < -0.4 is 10.5 Å². The van der Waals surface area contributed by atoms with Crippen LogP contribution in [0.3, 0.4) is 0 Å². The smallest absolute Gasteiger partial charge is 0.341 e. The Morgan fingerprint density at radius 3 is 2.83 bits per heavy atom. The summed E-state index contributed by atoms with van der Waals surface area (Å²) in [5, 5.41) is 12.6. The number of carboxylic acid groups (broad SMARTS) is 1. The first-order valence-corrected chi connectivity index (χ1v) is 4.83. The maximum Gasteiger partial charge on any atom is 0.341 e. The van der Waals surface area contributed by atoms with Crippen LogP contribution in [-0.2, 0) is 7.05 Å². The minimum atomic E-state index is -1.27. The number of carbonyl (C=O) groups is 1. The predicted octanol–water partition coefficient (Wildman–Crippen LogP) is 1.03. The highest BCUT2D eigenvalue weighted by Gasteiger charge is 2.15. The zero-order valence-electron chi connectivity index (χ0n) is 9.29. The number of nitrogens with two attached hydrogens (primary N) is 1. The van der Waals surface area contributed by atoms with Gasteiger partial charge in [0.05, 0.1) is 5.56 Å². The molecular weight excluding hydrogens is 243 g/mol. The minimum Gasteiger partial charge on any atom is -0.478 e. The van der Waals surface area contributed by atoms with Gasteiger partial charge in [-0.25, -0.2) is 9.18 Å². The van der Waals surface area contributed by atoms with E-state index in [2.05, 4.69) is 10.1 Å². The fourth-order valence-corrected chi connectivity index (χ4v) is 1.30. The third-order valence-electron chi connectivity index (χ3n) is 2.11. The number of rotatable bonds is 3. The molecule has 1 aromatic carbocycles. The Morgan fingerprint density at radius 2 is 2.28 bits per heavy atom. The van der Waals surface area contributed by atoms with E-state index in [1.165, 1.54) is 11.0 Å². The van der Waals surface area contributed by atoms with E-state index in [0.717, 1.165) is 12.1 Å². The maximum atomic E-state index is 13.5. The molecule has 0 amide bonds. The molecule has 0 spiro atoms. The monoisotopic (exact) mass is 252 g/mol. The number of aromatic carboxylic acids is 1. The summed E-state index contributed by atoms with van der Waals surface area (Å²) in [6.45, 7) is 0. The van der Waals surface area contributed by atoms with Crippen LogP contribution in [0.5, 0.6) is 11.8 Å². The number of benzene rings is 1. The lowest BCUT2D eigenvalue weighted by molar-refractivity contribution is 0.0697. The van der Waals surface area contributed by atoms with Crippen molar-refractivity contribution in [3.63, 3.8) is 0 Å². The summed E-state index contributed by atoms with van der Waals surface area (Å²) in [4.78, 5) is 14.6. The van der Waals surface area contributed by atoms with Gasteiger partial charge in [0.25, 0.3) is 0 Å². The van der Waals surface area contributed by atoms with Crippen molar-refractivity contribution in [1.29, 1.82) is 0 Å². The van der Waals surface area contributed by atoms with E-state index in [0.29, 0.717) is 0 Å². The maximum absolute atomic E-state index is 13.5. The normalized spacial score (nSPS) is 10.3. The number of nitrogens with zero attached hydrogens (tertiary/aromatic N) is 3. The van der Waals surface area contributed by atoms with E-state index in [4.69, 9.17) is 15.6 Å². The van der Waals surface area contributed by atoms with Crippen LogP contribution in [-0.4, -0.2) is 25.8 Å². The van der Waals surface area contributed by atoms with Crippen LogP contribution in [0.4, 0.5) is 10.1 Å². The van der Waals surface area contributed by atoms with Gasteiger partial charge in [-0.05, 0) is 0 Å². The van der Waals surface area contributed by atoms with Crippen molar-refractivity contribution in [2.24, 2.45) is 7.05 Å². The Balaban J connectivity index is 2.38. The molecule has 0 saturated heterocycles. The molecule has 0 aliphatic heterocycles. The van der Waals surface area contributed by atoms with E-state index in [9.17, 15) is 9.18 Å².